The lowest BCUT2D eigenvalue weighted by atomic mass is 9.91. The maximum absolute atomic E-state index is 10.0. The SMILES string of the molecule is C.CC(C)(C)CCC(=O)O. The molecule has 0 heterocycles. The van der Waals surface area contributed by atoms with E-state index >= 15 is 0 Å². The molecule has 1 N–H and O–H groups in total. The number of hydrogen-bond acceptors (Lipinski definition) is 1. The second kappa shape index (κ2) is 4.31. The van der Waals surface area contributed by atoms with Crippen molar-refractivity contribution in [3.05, 3.63) is 0 Å². The maximum atomic E-state index is 10.0. The van der Waals surface area contributed by atoms with Crippen LogP contribution in [0, 0.1) is 5.41 Å². The summed E-state index contributed by atoms with van der Waals surface area (Å²) in [5.41, 5.74) is 0.151. The molecule has 0 rings (SSSR count). The van der Waals surface area contributed by atoms with Gasteiger partial charge in [0, 0.05) is 6.42 Å². The first kappa shape index (κ1) is 12.2. The topological polar surface area (TPSA) is 37.3 Å². The van der Waals surface area contributed by atoms with E-state index in [-0.39, 0.29) is 19.3 Å². The van der Waals surface area contributed by atoms with E-state index in [4.69, 9.17) is 5.11 Å². The smallest absolute Gasteiger partial charge is 0.303 e. The molecule has 0 unspecified atom stereocenters. The third-order valence-electron chi connectivity index (χ3n) is 1.09. The molecule has 0 atom stereocenters. The molecule has 0 aromatic rings. The largest absolute Gasteiger partial charge is 0.481 e. The van der Waals surface area contributed by atoms with Crippen molar-refractivity contribution >= 4 is 5.97 Å². The van der Waals surface area contributed by atoms with Crippen LogP contribution >= 0.6 is 0 Å². The molecule has 0 aliphatic carbocycles. The molecular weight excluding hydrogens is 128 g/mol. The van der Waals surface area contributed by atoms with Crippen molar-refractivity contribution < 1.29 is 9.90 Å². The first-order chi connectivity index (χ1) is 3.92. The summed E-state index contributed by atoms with van der Waals surface area (Å²) in [6, 6.07) is 0. The average molecular weight is 146 g/mol. The van der Waals surface area contributed by atoms with Crippen molar-refractivity contribution in [2.45, 2.75) is 41.0 Å². The standard InChI is InChI=1S/C7H14O2.CH4/c1-7(2,3)5-4-6(8)9;/h4-5H2,1-3H3,(H,8,9);1H4. The third kappa shape index (κ3) is 10.5. The Hall–Kier alpha value is -0.530. The number of carboxylic acids is 1. The molecule has 0 aliphatic rings. The van der Waals surface area contributed by atoms with Crippen molar-refractivity contribution in [1.82, 2.24) is 0 Å². The highest BCUT2D eigenvalue weighted by molar-refractivity contribution is 5.66. The summed E-state index contributed by atoms with van der Waals surface area (Å²) in [5.74, 6) is -0.704. The zero-order chi connectivity index (χ0) is 7.49. The fourth-order valence-corrected chi connectivity index (χ4v) is 0.482. The van der Waals surface area contributed by atoms with Crippen molar-refractivity contribution in [3.63, 3.8) is 0 Å². The number of aliphatic carboxylic acids is 1. The first-order valence-corrected chi connectivity index (χ1v) is 3.13. The number of carbonyl (C=O) groups is 1. The van der Waals surface area contributed by atoms with E-state index in [9.17, 15) is 4.79 Å². The number of rotatable bonds is 2. The molecule has 0 saturated heterocycles. The van der Waals surface area contributed by atoms with Gasteiger partial charge < -0.3 is 5.11 Å². The molecule has 10 heavy (non-hydrogen) atoms. The molecule has 2 heteroatoms. The Morgan fingerprint density at radius 3 is 1.90 bits per heavy atom. The minimum atomic E-state index is -0.704. The van der Waals surface area contributed by atoms with Gasteiger partial charge in [0.2, 0.25) is 0 Å². The van der Waals surface area contributed by atoms with E-state index < -0.39 is 5.97 Å². The van der Waals surface area contributed by atoms with Gasteiger partial charge in [-0.15, -0.1) is 0 Å². The van der Waals surface area contributed by atoms with E-state index in [2.05, 4.69) is 0 Å². The second-order valence-electron chi connectivity index (χ2n) is 3.45. The Morgan fingerprint density at radius 1 is 1.40 bits per heavy atom. The summed E-state index contributed by atoms with van der Waals surface area (Å²) in [5, 5.41) is 8.28. The number of hydrogen-bond donors (Lipinski definition) is 1. The van der Waals surface area contributed by atoms with Crippen LogP contribution in [0.5, 0.6) is 0 Å². The Morgan fingerprint density at radius 2 is 1.80 bits per heavy atom. The van der Waals surface area contributed by atoms with E-state index in [1.54, 1.807) is 0 Å². The van der Waals surface area contributed by atoms with Crippen molar-refractivity contribution in [2.75, 3.05) is 0 Å². The normalized spacial score (nSPS) is 10.3. The maximum Gasteiger partial charge on any atom is 0.303 e. The summed E-state index contributed by atoms with van der Waals surface area (Å²) in [6.45, 7) is 6.11. The minimum Gasteiger partial charge on any atom is -0.481 e. The lowest BCUT2D eigenvalue weighted by molar-refractivity contribution is -0.137. The Bertz CT molecular complexity index is 100. The molecule has 0 spiro atoms. The van der Waals surface area contributed by atoms with Gasteiger partial charge in [-0.1, -0.05) is 28.2 Å². The van der Waals surface area contributed by atoms with E-state index in [1.807, 2.05) is 20.8 Å². The van der Waals surface area contributed by atoms with Crippen LogP contribution in [0.4, 0.5) is 0 Å². The van der Waals surface area contributed by atoms with Crippen molar-refractivity contribution in [1.29, 1.82) is 0 Å². The van der Waals surface area contributed by atoms with Gasteiger partial charge in [-0.25, -0.2) is 0 Å². The van der Waals surface area contributed by atoms with Crippen LogP contribution in [0.25, 0.3) is 0 Å². The van der Waals surface area contributed by atoms with Gasteiger partial charge in [-0.05, 0) is 11.8 Å². The minimum absolute atomic E-state index is 0. The molecule has 0 aliphatic heterocycles. The van der Waals surface area contributed by atoms with E-state index in [0.717, 1.165) is 6.42 Å². The first-order valence-electron chi connectivity index (χ1n) is 3.13. The van der Waals surface area contributed by atoms with Gasteiger partial charge in [0.05, 0.1) is 0 Å². The molecule has 0 amide bonds. The predicted molar refractivity (Wildman–Crippen MR) is 43.1 cm³/mol. The van der Waals surface area contributed by atoms with Crippen LogP contribution in [0.3, 0.4) is 0 Å². The van der Waals surface area contributed by atoms with Crippen LogP contribution in [0.1, 0.15) is 41.0 Å². The molecule has 0 aromatic heterocycles. The molecule has 0 radical (unpaired) electrons. The van der Waals surface area contributed by atoms with Crippen molar-refractivity contribution in [3.8, 4) is 0 Å². The number of carboxylic acid groups (broad SMARTS) is 1. The van der Waals surface area contributed by atoms with Crippen LogP contribution in [0.15, 0.2) is 0 Å². The molecule has 0 saturated carbocycles. The monoisotopic (exact) mass is 146 g/mol. The van der Waals surface area contributed by atoms with Crippen LogP contribution in [-0.4, -0.2) is 11.1 Å². The van der Waals surface area contributed by atoms with Gasteiger partial charge in [0.15, 0.2) is 0 Å². The lowest BCUT2D eigenvalue weighted by Crippen LogP contribution is -2.07. The van der Waals surface area contributed by atoms with Gasteiger partial charge in [-0.3, -0.25) is 4.79 Å². The van der Waals surface area contributed by atoms with Crippen LogP contribution < -0.4 is 0 Å². The van der Waals surface area contributed by atoms with Gasteiger partial charge >= 0.3 is 5.97 Å². The summed E-state index contributed by atoms with van der Waals surface area (Å²) >= 11 is 0. The quantitative estimate of drug-likeness (QED) is 0.650. The second-order valence-corrected chi connectivity index (χ2v) is 3.45. The lowest BCUT2D eigenvalue weighted by Gasteiger charge is -2.15. The highest BCUT2D eigenvalue weighted by Gasteiger charge is 2.11. The third-order valence-corrected chi connectivity index (χ3v) is 1.09. The van der Waals surface area contributed by atoms with Gasteiger partial charge in [-0.2, -0.15) is 0 Å². The van der Waals surface area contributed by atoms with E-state index in [1.165, 1.54) is 0 Å². The zero-order valence-electron chi connectivity index (χ0n) is 6.27. The Balaban J connectivity index is 0. The molecule has 0 bridgehead atoms. The fourth-order valence-electron chi connectivity index (χ4n) is 0.482. The summed E-state index contributed by atoms with van der Waals surface area (Å²) < 4.78 is 0. The van der Waals surface area contributed by atoms with Crippen LogP contribution in [0.2, 0.25) is 0 Å². The van der Waals surface area contributed by atoms with E-state index in [0.29, 0.717) is 0 Å². The summed E-state index contributed by atoms with van der Waals surface area (Å²) in [6.07, 6.45) is 1.03. The van der Waals surface area contributed by atoms with Crippen molar-refractivity contribution in [2.24, 2.45) is 5.41 Å². The molecule has 0 fully saturated rings. The van der Waals surface area contributed by atoms with Gasteiger partial charge in [0.1, 0.15) is 0 Å². The fraction of sp³-hybridized carbons (Fsp3) is 0.875. The van der Waals surface area contributed by atoms with Gasteiger partial charge in [0.25, 0.3) is 0 Å². The molecular formula is C8H18O2. The molecule has 62 valence electrons. The zero-order valence-corrected chi connectivity index (χ0v) is 6.27. The average Bonchev–Trinajstić information content (AvgIpc) is 1.59. The molecule has 0 aromatic carbocycles. The molecule has 2 nitrogen and oxygen atoms in total. The summed E-state index contributed by atoms with van der Waals surface area (Å²) in [7, 11) is 0. The Kier molecular flexibility index (Phi) is 5.25. The highest BCUT2D eigenvalue weighted by atomic mass is 16.4. The van der Waals surface area contributed by atoms with Crippen LogP contribution in [-0.2, 0) is 4.79 Å². The predicted octanol–water partition coefficient (Wildman–Crippen LogP) is 2.53. The summed E-state index contributed by atoms with van der Waals surface area (Å²) in [4.78, 5) is 10.0. The highest BCUT2D eigenvalue weighted by Crippen LogP contribution is 2.19. The Labute approximate surface area is 63.3 Å².